The Morgan fingerprint density at radius 3 is 2.69 bits per heavy atom. The van der Waals surface area contributed by atoms with Gasteiger partial charge in [0.25, 0.3) is 5.91 Å². The minimum atomic E-state index is -4.97. The van der Waals surface area contributed by atoms with E-state index in [0.717, 1.165) is 17.9 Å². The summed E-state index contributed by atoms with van der Waals surface area (Å²) in [6, 6.07) is 8.95. The highest BCUT2D eigenvalue weighted by molar-refractivity contribution is 8.13. The van der Waals surface area contributed by atoms with Gasteiger partial charge in [-0.15, -0.1) is 13.2 Å². The van der Waals surface area contributed by atoms with E-state index in [1.807, 2.05) is 6.92 Å². The van der Waals surface area contributed by atoms with Crippen LogP contribution in [0, 0.1) is 5.82 Å². The summed E-state index contributed by atoms with van der Waals surface area (Å²) in [6.45, 7) is 1.84. The minimum absolute atomic E-state index is 0.178. The number of hydrogen-bond donors (Lipinski definition) is 2. The second-order valence-electron chi connectivity index (χ2n) is 6.52. The SMILES string of the molecule is CC1(c2ccc(F)c(NC(=O)c3ccccc3OC(F)(F)F)c2)CCSC(N)=N1. The van der Waals surface area contributed by atoms with Gasteiger partial charge in [0, 0.05) is 5.75 Å². The molecule has 1 atom stereocenters. The predicted molar refractivity (Wildman–Crippen MR) is 104 cm³/mol. The first-order chi connectivity index (χ1) is 13.6. The Balaban J connectivity index is 1.90. The highest BCUT2D eigenvalue weighted by atomic mass is 32.2. The summed E-state index contributed by atoms with van der Waals surface area (Å²) in [7, 11) is 0. The molecule has 0 spiro atoms. The van der Waals surface area contributed by atoms with Crippen molar-refractivity contribution in [3.05, 3.63) is 59.4 Å². The Kier molecular flexibility index (Phi) is 5.74. The molecule has 0 bridgehead atoms. The fourth-order valence-electron chi connectivity index (χ4n) is 2.91. The second kappa shape index (κ2) is 7.94. The third-order valence-corrected chi connectivity index (χ3v) is 5.18. The summed E-state index contributed by atoms with van der Waals surface area (Å²) in [4.78, 5) is 16.9. The number of carbonyl (C=O) groups is 1. The largest absolute Gasteiger partial charge is 0.573 e. The zero-order valence-corrected chi connectivity index (χ0v) is 16.0. The van der Waals surface area contributed by atoms with E-state index in [9.17, 15) is 22.4 Å². The molecule has 2 aromatic rings. The van der Waals surface area contributed by atoms with Crippen LogP contribution >= 0.6 is 11.8 Å². The summed E-state index contributed by atoms with van der Waals surface area (Å²) >= 11 is 1.41. The predicted octanol–water partition coefficient (Wildman–Crippen LogP) is 4.64. The van der Waals surface area contributed by atoms with Gasteiger partial charge in [-0.1, -0.05) is 30.0 Å². The molecule has 1 heterocycles. The highest BCUT2D eigenvalue weighted by Crippen LogP contribution is 2.36. The van der Waals surface area contributed by atoms with Crippen molar-refractivity contribution in [2.45, 2.75) is 25.2 Å². The molecule has 1 unspecified atom stereocenters. The van der Waals surface area contributed by atoms with Crippen molar-refractivity contribution in [2.24, 2.45) is 10.7 Å². The molecule has 0 aromatic heterocycles. The monoisotopic (exact) mass is 427 g/mol. The van der Waals surface area contributed by atoms with Crippen molar-refractivity contribution >= 4 is 28.5 Å². The Labute approximate surface area is 168 Å². The average molecular weight is 427 g/mol. The highest BCUT2D eigenvalue weighted by Gasteiger charge is 2.33. The molecule has 5 nitrogen and oxygen atoms in total. The first-order valence-electron chi connectivity index (χ1n) is 8.52. The van der Waals surface area contributed by atoms with E-state index in [1.54, 1.807) is 6.07 Å². The summed E-state index contributed by atoms with van der Waals surface area (Å²) in [5, 5.41) is 2.72. The maximum absolute atomic E-state index is 14.3. The zero-order chi connectivity index (χ0) is 21.2. The summed E-state index contributed by atoms with van der Waals surface area (Å²) in [5.41, 5.74) is 5.17. The van der Waals surface area contributed by atoms with Gasteiger partial charge in [-0.2, -0.15) is 0 Å². The number of ether oxygens (including phenoxy) is 1. The zero-order valence-electron chi connectivity index (χ0n) is 15.2. The van der Waals surface area contributed by atoms with Gasteiger partial charge < -0.3 is 15.8 Å². The van der Waals surface area contributed by atoms with Crippen molar-refractivity contribution in [3.63, 3.8) is 0 Å². The number of para-hydroxylation sites is 1. The fourth-order valence-corrected chi connectivity index (χ4v) is 3.88. The number of anilines is 1. The molecule has 1 amide bonds. The van der Waals surface area contributed by atoms with E-state index >= 15 is 0 Å². The van der Waals surface area contributed by atoms with Crippen molar-refractivity contribution < 1.29 is 27.1 Å². The number of nitrogens with zero attached hydrogens (tertiary/aromatic N) is 1. The number of halogens is 4. The molecule has 10 heteroatoms. The molecule has 0 saturated carbocycles. The third-order valence-electron chi connectivity index (χ3n) is 4.39. The molecule has 3 rings (SSSR count). The summed E-state index contributed by atoms with van der Waals surface area (Å²) in [6.07, 6.45) is -4.31. The lowest BCUT2D eigenvalue weighted by Crippen LogP contribution is -2.29. The average Bonchev–Trinajstić information content (AvgIpc) is 2.62. The van der Waals surface area contributed by atoms with Crippen LogP contribution in [-0.4, -0.2) is 23.2 Å². The summed E-state index contributed by atoms with van der Waals surface area (Å²) in [5.74, 6) is -1.62. The smallest absolute Gasteiger partial charge is 0.405 e. The van der Waals surface area contributed by atoms with Crippen LogP contribution < -0.4 is 15.8 Å². The molecular weight excluding hydrogens is 410 g/mol. The molecule has 0 fully saturated rings. The maximum Gasteiger partial charge on any atom is 0.573 e. The van der Waals surface area contributed by atoms with E-state index in [-0.39, 0.29) is 11.3 Å². The third kappa shape index (κ3) is 5.00. The van der Waals surface area contributed by atoms with Gasteiger partial charge in [0.15, 0.2) is 5.17 Å². The van der Waals surface area contributed by atoms with Crippen LogP contribution in [0.1, 0.15) is 29.3 Å². The number of amidine groups is 1. The van der Waals surface area contributed by atoms with Crippen LogP contribution in [0.25, 0.3) is 0 Å². The van der Waals surface area contributed by atoms with Gasteiger partial charge >= 0.3 is 6.36 Å². The van der Waals surface area contributed by atoms with E-state index in [0.29, 0.717) is 17.2 Å². The van der Waals surface area contributed by atoms with E-state index < -0.39 is 29.4 Å². The topological polar surface area (TPSA) is 76.7 Å². The van der Waals surface area contributed by atoms with Crippen LogP contribution in [0.15, 0.2) is 47.5 Å². The lowest BCUT2D eigenvalue weighted by atomic mass is 9.89. The number of carbonyl (C=O) groups excluding carboxylic acids is 1. The van der Waals surface area contributed by atoms with E-state index in [4.69, 9.17) is 5.73 Å². The molecule has 29 heavy (non-hydrogen) atoms. The van der Waals surface area contributed by atoms with Crippen LogP contribution in [-0.2, 0) is 5.54 Å². The molecule has 0 saturated heterocycles. The standard InChI is InChI=1S/C19H17F4N3O2S/c1-18(8-9-29-17(24)26-18)11-6-7-13(20)14(10-11)25-16(27)12-4-2-3-5-15(12)28-19(21,22)23/h2-7,10H,8-9H2,1H3,(H2,24,26)(H,25,27). The first kappa shape index (κ1) is 21.0. The number of nitrogens with one attached hydrogen (secondary N) is 1. The van der Waals surface area contributed by atoms with Gasteiger partial charge in [-0.05, 0) is 43.2 Å². The number of hydrogen-bond acceptors (Lipinski definition) is 5. The van der Waals surface area contributed by atoms with Crippen molar-refractivity contribution in [1.82, 2.24) is 0 Å². The summed E-state index contributed by atoms with van der Waals surface area (Å²) < 4.78 is 55.9. The van der Waals surface area contributed by atoms with Crippen molar-refractivity contribution in [3.8, 4) is 5.75 Å². The maximum atomic E-state index is 14.3. The lowest BCUT2D eigenvalue weighted by Gasteiger charge is -2.30. The van der Waals surface area contributed by atoms with Crippen LogP contribution in [0.3, 0.4) is 0 Å². The molecule has 1 aliphatic rings. The molecule has 154 valence electrons. The van der Waals surface area contributed by atoms with Gasteiger partial charge in [-0.3, -0.25) is 9.79 Å². The number of alkyl halides is 3. The normalized spacial score (nSPS) is 19.4. The number of aliphatic imine (C=N–C) groups is 1. The van der Waals surface area contributed by atoms with Gasteiger partial charge in [-0.25, -0.2) is 4.39 Å². The molecule has 1 aliphatic heterocycles. The first-order valence-corrected chi connectivity index (χ1v) is 9.50. The van der Waals surface area contributed by atoms with Crippen LogP contribution in [0.5, 0.6) is 5.75 Å². The van der Waals surface area contributed by atoms with Crippen molar-refractivity contribution in [1.29, 1.82) is 0 Å². The van der Waals surface area contributed by atoms with Crippen molar-refractivity contribution in [2.75, 3.05) is 11.1 Å². The van der Waals surface area contributed by atoms with Gasteiger partial charge in [0.1, 0.15) is 11.6 Å². The Bertz CT molecular complexity index is 965. The van der Waals surface area contributed by atoms with Gasteiger partial charge in [0.2, 0.25) is 0 Å². The van der Waals surface area contributed by atoms with Gasteiger partial charge in [0.05, 0.1) is 16.8 Å². The molecule has 0 radical (unpaired) electrons. The van der Waals surface area contributed by atoms with Crippen LogP contribution in [0.2, 0.25) is 0 Å². The quantitative estimate of drug-likeness (QED) is 0.697. The number of thioether (sulfide) groups is 1. The lowest BCUT2D eigenvalue weighted by molar-refractivity contribution is -0.274. The fraction of sp³-hybridized carbons (Fsp3) is 0.263. The number of rotatable bonds is 4. The van der Waals surface area contributed by atoms with E-state index in [2.05, 4.69) is 15.0 Å². The molecule has 0 aliphatic carbocycles. The molecular formula is C19H17F4N3O2S. The van der Waals surface area contributed by atoms with Crippen LogP contribution in [0.4, 0.5) is 23.2 Å². The Hall–Kier alpha value is -2.75. The molecule has 2 aromatic carbocycles. The van der Waals surface area contributed by atoms with E-state index in [1.165, 1.54) is 36.0 Å². The second-order valence-corrected chi connectivity index (χ2v) is 7.63. The molecule has 3 N–H and O–H groups in total. The number of benzene rings is 2. The number of amides is 1. The Morgan fingerprint density at radius 2 is 2.00 bits per heavy atom. The number of nitrogens with two attached hydrogens (primary N) is 1. The minimum Gasteiger partial charge on any atom is -0.405 e. The Morgan fingerprint density at radius 1 is 1.28 bits per heavy atom.